The lowest BCUT2D eigenvalue weighted by atomic mass is 9.73. The number of allylic oxidation sites excluding steroid dienone is 2. The van der Waals surface area contributed by atoms with Crippen molar-refractivity contribution in [2.24, 2.45) is 17.8 Å². The van der Waals surface area contributed by atoms with Gasteiger partial charge in [-0.3, -0.25) is 4.21 Å². The van der Waals surface area contributed by atoms with Gasteiger partial charge in [-0.2, -0.15) is 0 Å². The Kier molecular flexibility index (Phi) is 7.34. The molecule has 23 heavy (non-hydrogen) atoms. The monoisotopic (exact) mass is 340 g/mol. The highest BCUT2D eigenvalue weighted by atomic mass is 32.2. The van der Waals surface area contributed by atoms with Crippen molar-refractivity contribution < 1.29 is 9.32 Å². The van der Waals surface area contributed by atoms with Crippen LogP contribution < -0.4 is 0 Å². The van der Waals surface area contributed by atoms with Crippen LogP contribution in [-0.4, -0.2) is 25.9 Å². The van der Waals surface area contributed by atoms with Crippen molar-refractivity contribution in [2.75, 3.05) is 5.75 Å². The Labute approximate surface area is 145 Å². The molecule has 0 aromatic heterocycles. The molecule has 5 unspecified atom stereocenters. The Morgan fingerprint density at radius 2 is 1.57 bits per heavy atom. The van der Waals surface area contributed by atoms with Gasteiger partial charge in [-0.25, -0.2) is 0 Å². The van der Waals surface area contributed by atoms with Crippen LogP contribution >= 0.6 is 0 Å². The summed E-state index contributed by atoms with van der Waals surface area (Å²) in [6.45, 7) is 6.55. The molecule has 2 nitrogen and oxygen atoms in total. The van der Waals surface area contributed by atoms with Gasteiger partial charge in [0.15, 0.2) is 0 Å². The van der Waals surface area contributed by atoms with Crippen LogP contribution in [0.2, 0.25) is 0 Å². The average Bonchev–Trinajstić information content (AvgIpc) is 3.17. The maximum Gasteiger partial charge on any atom is 0.0693 e. The topological polar surface area (TPSA) is 37.3 Å². The van der Waals surface area contributed by atoms with Crippen LogP contribution in [0.1, 0.15) is 78.6 Å². The van der Waals surface area contributed by atoms with E-state index in [-0.39, 0.29) is 11.2 Å². The van der Waals surface area contributed by atoms with E-state index in [1.54, 1.807) is 0 Å². The zero-order valence-electron chi connectivity index (χ0n) is 15.3. The molecule has 2 bridgehead atoms. The van der Waals surface area contributed by atoms with Crippen LogP contribution in [0, 0.1) is 17.8 Å². The third kappa shape index (κ3) is 4.28. The average molecular weight is 341 g/mol. The second-order valence-corrected chi connectivity index (χ2v) is 9.40. The summed E-state index contributed by atoms with van der Waals surface area (Å²) in [4.78, 5) is 0. The van der Waals surface area contributed by atoms with E-state index in [2.05, 4.69) is 32.9 Å². The molecule has 0 spiro atoms. The highest BCUT2D eigenvalue weighted by Gasteiger charge is 2.55. The highest BCUT2D eigenvalue weighted by molar-refractivity contribution is 7.85. The molecule has 134 valence electrons. The minimum atomic E-state index is -0.794. The van der Waals surface area contributed by atoms with Gasteiger partial charge in [0, 0.05) is 27.7 Å². The normalized spacial score (nSPS) is 31.0. The van der Waals surface area contributed by atoms with Crippen molar-refractivity contribution in [3.63, 3.8) is 0 Å². The van der Waals surface area contributed by atoms with E-state index in [1.165, 1.54) is 0 Å². The van der Waals surface area contributed by atoms with Crippen molar-refractivity contribution in [3.8, 4) is 0 Å². The van der Waals surface area contributed by atoms with Gasteiger partial charge in [-0.05, 0) is 37.5 Å². The minimum absolute atomic E-state index is 0.190. The molecule has 0 saturated heterocycles. The first-order chi connectivity index (χ1) is 11.1. The summed E-state index contributed by atoms with van der Waals surface area (Å²) in [5, 5.41) is 11.8. The summed E-state index contributed by atoms with van der Waals surface area (Å²) < 4.78 is 13.0. The van der Waals surface area contributed by atoms with Crippen molar-refractivity contribution in [1.82, 2.24) is 0 Å². The smallest absolute Gasteiger partial charge is 0.0693 e. The van der Waals surface area contributed by atoms with Gasteiger partial charge in [-0.1, -0.05) is 65.0 Å². The van der Waals surface area contributed by atoms with Crippen molar-refractivity contribution in [2.45, 2.75) is 89.4 Å². The molecule has 1 fully saturated rings. The number of unbranched alkanes of at least 4 members (excludes halogenated alkanes) is 3. The van der Waals surface area contributed by atoms with E-state index < -0.39 is 16.4 Å². The first-order valence-electron chi connectivity index (χ1n) is 9.85. The van der Waals surface area contributed by atoms with Gasteiger partial charge in [0.1, 0.15) is 0 Å². The summed E-state index contributed by atoms with van der Waals surface area (Å²) in [6, 6.07) is 0. The lowest BCUT2D eigenvalue weighted by molar-refractivity contribution is -0.0449. The fraction of sp³-hybridized carbons (Fsp3) is 0.900. The Hall–Kier alpha value is -0.150. The summed E-state index contributed by atoms with van der Waals surface area (Å²) in [5.74, 6) is 1.92. The van der Waals surface area contributed by atoms with Crippen LogP contribution in [0.25, 0.3) is 0 Å². The Balaban J connectivity index is 2.19. The molecule has 0 radical (unpaired) electrons. The van der Waals surface area contributed by atoms with E-state index in [0.29, 0.717) is 11.8 Å². The van der Waals surface area contributed by atoms with E-state index in [1.807, 2.05) is 0 Å². The van der Waals surface area contributed by atoms with Gasteiger partial charge < -0.3 is 5.11 Å². The third-order valence-corrected chi connectivity index (χ3v) is 7.88. The van der Waals surface area contributed by atoms with Crippen LogP contribution in [0.3, 0.4) is 0 Å². The predicted octanol–water partition coefficient (Wildman–Crippen LogP) is 4.84. The lowest BCUT2D eigenvalue weighted by Gasteiger charge is -2.42. The zero-order chi connectivity index (χ0) is 16.9. The molecule has 5 atom stereocenters. The van der Waals surface area contributed by atoms with Crippen LogP contribution in [-0.2, 0) is 10.8 Å². The van der Waals surface area contributed by atoms with Gasteiger partial charge >= 0.3 is 0 Å². The largest absolute Gasteiger partial charge is 0.390 e. The molecule has 0 amide bonds. The maximum absolute atomic E-state index is 13.0. The molecule has 1 saturated carbocycles. The molecule has 0 aliphatic heterocycles. The molecule has 0 aromatic carbocycles. The number of fused-ring (bicyclic) bond motifs is 2. The first-order valence-corrected chi connectivity index (χ1v) is 11.2. The molecule has 3 heteroatoms. The summed E-state index contributed by atoms with van der Waals surface area (Å²) in [5.41, 5.74) is -0.608. The predicted molar refractivity (Wildman–Crippen MR) is 99.9 cm³/mol. The van der Waals surface area contributed by atoms with E-state index in [4.69, 9.17) is 0 Å². The fourth-order valence-corrected chi connectivity index (χ4v) is 6.91. The first kappa shape index (κ1) is 19.2. The zero-order valence-corrected chi connectivity index (χ0v) is 16.1. The molecule has 0 heterocycles. The van der Waals surface area contributed by atoms with Crippen molar-refractivity contribution >= 4 is 10.8 Å². The Bertz CT molecular complexity index is 410. The third-order valence-electron chi connectivity index (χ3n) is 5.94. The van der Waals surface area contributed by atoms with Crippen LogP contribution in [0.15, 0.2) is 12.2 Å². The fourth-order valence-electron chi connectivity index (χ4n) is 4.69. The molecular formula is C20H36O2S. The second-order valence-electron chi connectivity index (χ2n) is 7.69. The van der Waals surface area contributed by atoms with Crippen LogP contribution in [0.5, 0.6) is 0 Å². The second kappa shape index (κ2) is 8.80. The summed E-state index contributed by atoms with van der Waals surface area (Å²) in [6.07, 6.45) is 14.0. The van der Waals surface area contributed by atoms with Gasteiger partial charge in [0.25, 0.3) is 0 Å². The standard InChI is InChI=1S/C20H36O2S/c1-4-7-12-20(21,13-8-5-2)18-16-10-11-17(15-16)19(18)23(22)14-9-6-3/h10-11,16-19,21H,4-9,12-15H2,1-3H3. The maximum atomic E-state index is 13.0. The summed E-state index contributed by atoms with van der Waals surface area (Å²) >= 11 is 0. The molecule has 2 aliphatic carbocycles. The van der Waals surface area contributed by atoms with Gasteiger partial charge in [0.2, 0.25) is 0 Å². The van der Waals surface area contributed by atoms with Crippen molar-refractivity contribution in [1.29, 1.82) is 0 Å². The van der Waals surface area contributed by atoms with Crippen LogP contribution in [0.4, 0.5) is 0 Å². The number of hydrogen-bond acceptors (Lipinski definition) is 2. The van der Waals surface area contributed by atoms with Gasteiger partial charge in [0.05, 0.1) is 5.60 Å². The molecule has 2 rings (SSSR count). The lowest BCUT2D eigenvalue weighted by Crippen LogP contribution is -2.48. The Morgan fingerprint density at radius 3 is 2.13 bits per heavy atom. The van der Waals surface area contributed by atoms with E-state index in [0.717, 1.165) is 63.5 Å². The molecule has 0 aromatic rings. The summed E-state index contributed by atoms with van der Waals surface area (Å²) in [7, 11) is -0.794. The van der Waals surface area contributed by atoms with E-state index in [9.17, 15) is 9.32 Å². The molecule has 2 aliphatic rings. The quantitative estimate of drug-likeness (QED) is 0.547. The van der Waals surface area contributed by atoms with E-state index >= 15 is 0 Å². The molecule has 1 N–H and O–H groups in total. The number of aliphatic hydroxyl groups is 1. The Morgan fingerprint density at radius 1 is 1.00 bits per heavy atom. The SMILES string of the molecule is CCCCS(=O)C1C2C=CC(C2)C1C(O)(CCCC)CCCC. The van der Waals surface area contributed by atoms with Gasteiger partial charge in [-0.15, -0.1) is 0 Å². The number of rotatable bonds is 11. The molecular weight excluding hydrogens is 304 g/mol. The minimum Gasteiger partial charge on any atom is -0.390 e. The highest BCUT2D eigenvalue weighted by Crippen LogP contribution is 2.53. The van der Waals surface area contributed by atoms with Crippen molar-refractivity contribution in [3.05, 3.63) is 12.2 Å². The number of hydrogen-bond donors (Lipinski definition) is 1.